The van der Waals surface area contributed by atoms with Crippen LogP contribution in [-0.4, -0.2) is 140 Å². The van der Waals surface area contributed by atoms with Crippen molar-refractivity contribution >= 4 is 5.91 Å². The van der Waals surface area contributed by atoms with Gasteiger partial charge in [0.15, 0.2) is 12.6 Å². The van der Waals surface area contributed by atoms with Crippen LogP contribution in [0, 0.1) is 0 Å². The summed E-state index contributed by atoms with van der Waals surface area (Å²) in [7, 11) is 0. The minimum atomic E-state index is -1.79. The third-order valence-electron chi connectivity index (χ3n) is 14.1. The fourth-order valence-electron chi connectivity index (χ4n) is 9.37. The molecule has 14 nitrogen and oxygen atoms in total. The van der Waals surface area contributed by atoms with E-state index in [0.717, 1.165) is 64.2 Å². The van der Waals surface area contributed by atoms with E-state index in [2.05, 4.69) is 43.5 Å². The molecule has 0 radical (unpaired) electrons. The number of hydrogen-bond acceptors (Lipinski definition) is 13. The van der Waals surface area contributed by atoms with Crippen LogP contribution in [0.5, 0.6) is 0 Å². The molecule has 0 spiro atoms. The molecule has 2 rings (SSSR count). The number of allylic oxidation sites excluding steroid dienone is 5. The lowest BCUT2D eigenvalue weighted by molar-refractivity contribution is -0.359. The topological polar surface area (TPSA) is 228 Å². The number of ether oxygens (including phenoxy) is 4. The maximum atomic E-state index is 13.2. The normalized spacial score (nSPS) is 26.0. The molecule has 12 atom stereocenters. The van der Waals surface area contributed by atoms with Gasteiger partial charge in [-0.05, 0) is 44.9 Å². The van der Waals surface area contributed by atoms with E-state index in [4.69, 9.17) is 18.9 Å². The standard InChI is InChI=1S/C57H105NO13/c1-3-5-7-9-11-13-15-17-19-20-21-22-23-24-25-26-27-28-30-32-34-36-38-40-46(61)45(58-49(62)41-39-37-35-33-31-29-18-16-14-12-10-8-6-4-2)44-68-56-54(67)52(65)55(48(43-60)70-56)71-57-53(66)51(64)50(63)47(42-59)69-57/h10,12,16,18,38,40,45-48,50-57,59-61,63-67H,3-9,11,13-15,17,19-37,39,41-44H2,1-2H3,(H,58,62)/b12-10-,18-16-,40-38+. The minimum absolute atomic E-state index is 0.253. The molecule has 0 saturated carbocycles. The zero-order valence-electron chi connectivity index (χ0n) is 44.5. The molecular weight excluding hydrogens is 907 g/mol. The van der Waals surface area contributed by atoms with Crippen LogP contribution in [0.3, 0.4) is 0 Å². The van der Waals surface area contributed by atoms with Crippen LogP contribution >= 0.6 is 0 Å². The first kappa shape index (κ1) is 65.3. The van der Waals surface area contributed by atoms with Gasteiger partial charge in [0.1, 0.15) is 48.8 Å². The van der Waals surface area contributed by atoms with E-state index in [1.54, 1.807) is 6.08 Å². The summed E-state index contributed by atoms with van der Waals surface area (Å²) in [6.07, 6.45) is 34.7. The largest absolute Gasteiger partial charge is 0.394 e. The lowest BCUT2D eigenvalue weighted by atomic mass is 9.97. The highest BCUT2D eigenvalue weighted by Gasteiger charge is 2.51. The number of carbonyl (C=O) groups is 1. The Hall–Kier alpha value is -1.79. The molecule has 2 heterocycles. The minimum Gasteiger partial charge on any atom is -0.394 e. The molecular formula is C57H105NO13. The molecule has 14 heteroatoms. The Balaban J connectivity index is 1.78. The maximum absolute atomic E-state index is 13.2. The second-order valence-electron chi connectivity index (χ2n) is 20.4. The third kappa shape index (κ3) is 29.8. The molecule has 0 aliphatic carbocycles. The average molecular weight is 1010 g/mol. The van der Waals surface area contributed by atoms with E-state index in [1.807, 2.05) is 6.08 Å². The molecule has 0 bridgehead atoms. The predicted octanol–water partition coefficient (Wildman–Crippen LogP) is 9.05. The Morgan fingerprint density at radius 3 is 1.45 bits per heavy atom. The SMILES string of the molecule is CCCC/C=C\C/C=C\CCCCCCCC(=O)NC(COC1OC(CO)C(OC2OC(CO)C(O)C(O)C2O)C(O)C1O)C(O)/C=C/CCCCCCCCCCCCCCCCCCCCCCC. The Bertz CT molecular complexity index is 1330. The Kier molecular flexibility index (Phi) is 40.0. The first-order valence-electron chi connectivity index (χ1n) is 28.7. The van der Waals surface area contributed by atoms with Crippen molar-refractivity contribution in [2.24, 2.45) is 0 Å². The number of carbonyl (C=O) groups excluding carboxylic acids is 1. The van der Waals surface area contributed by atoms with Crippen LogP contribution in [0.1, 0.15) is 226 Å². The Morgan fingerprint density at radius 2 is 0.944 bits per heavy atom. The molecule has 0 aromatic heterocycles. The van der Waals surface area contributed by atoms with Crippen molar-refractivity contribution in [3.05, 3.63) is 36.5 Å². The van der Waals surface area contributed by atoms with Crippen molar-refractivity contribution < 1.29 is 64.6 Å². The summed E-state index contributed by atoms with van der Waals surface area (Å²) >= 11 is 0. The third-order valence-corrected chi connectivity index (χ3v) is 14.1. The fourth-order valence-corrected chi connectivity index (χ4v) is 9.37. The van der Waals surface area contributed by atoms with E-state index in [-0.39, 0.29) is 18.9 Å². The van der Waals surface area contributed by atoms with Gasteiger partial charge in [0.05, 0.1) is 32.0 Å². The van der Waals surface area contributed by atoms with Gasteiger partial charge in [-0.15, -0.1) is 0 Å². The molecule has 0 aromatic carbocycles. The van der Waals surface area contributed by atoms with Crippen LogP contribution in [-0.2, 0) is 23.7 Å². The van der Waals surface area contributed by atoms with E-state index in [1.165, 1.54) is 135 Å². The molecule has 2 fully saturated rings. The summed E-state index contributed by atoms with van der Waals surface area (Å²) in [5.74, 6) is -0.253. The van der Waals surface area contributed by atoms with Gasteiger partial charge in [-0.1, -0.05) is 211 Å². The average Bonchev–Trinajstić information content (AvgIpc) is 3.37. The highest BCUT2D eigenvalue weighted by molar-refractivity contribution is 5.76. The first-order chi connectivity index (χ1) is 34.6. The zero-order valence-corrected chi connectivity index (χ0v) is 44.5. The number of amides is 1. The number of hydrogen-bond donors (Lipinski definition) is 9. The Morgan fingerprint density at radius 1 is 0.507 bits per heavy atom. The summed E-state index contributed by atoms with van der Waals surface area (Å²) < 4.78 is 22.7. The van der Waals surface area contributed by atoms with E-state index in [9.17, 15) is 45.6 Å². The van der Waals surface area contributed by atoms with Gasteiger partial charge >= 0.3 is 0 Å². The summed E-state index contributed by atoms with van der Waals surface area (Å²) in [5, 5.41) is 87.0. The van der Waals surface area contributed by atoms with Crippen molar-refractivity contribution in [1.29, 1.82) is 0 Å². The number of nitrogens with one attached hydrogen (secondary N) is 1. The molecule has 71 heavy (non-hydrogen) atoms. The molecule has 2 aliphatic heterocycles. The van der Waals surface area contributed by atoms with Gasteiger partial charge < -0.3 is 65.1 Å². The van der Waals surface area contributed by atoms with Crippen molar-refractivity contribution in [2.75, 3.05) is 19.8 Å². The predicted molar refractivity (Wildman–Crippen MR) is 281 cm³/mol. The lowest BCUT2D eigenvalue weighted by Crippen LogP contribution is -2.65. The molecule has 1 amide bonds. The van der Waals surface area contributed by atoms with Gasteiger partial charge in [-0.3, -0.25) is 4.79 Å². The van der Waals surface area contributed by atoms with Crippen molar-refractivity contribution in [3.63, 3.8) is 0 Å². The summed E-state index contributed by atoms with van der Waals surface area (Å²) in [6, 6.07) is -0.921. The van der Waals surface area contributed by atoms with Crippen LogP contribution < -0.4 is 5.32 Å². The maximum Gasteiger partial charge on any atom is 0.220 e. The van der Waals surface area contributed by atoms with Gasteiger partial charge in [0.25, 0.3) is 0 Å². The highest BCUT2D eigenvalue weighted by atomic mass is 16.7. The molecule has 12 unspecified atom stereocenters. The smallest absolute Gasteiger partial charge is 0.220 e. The molecule has 416 valence electrons. The summed E-state index contributed by atoms with van der Waals surface area (Å²) in [5.41, 5.74) is 0. The van der Waals surface area contributed by atoms with Gasteiger partial charge in [0, 0.05) is 6.42 Å². The van der Waals surface area contributed by atoms with Crippen LogP contribution in [0.4, 0.5) is 0 Å². The fraction of sp³-hybridized carbons (Fsp3) is 0.877. The molecule has 2 aliphatic rings. The number of unbranched alkanes of at least 4 members (excludes halogenated alkanes) is 28. The summed E-state index contributed by atoms with van der Waals surface area (Å²) in [4.78, 5) is 13.2. The van der Waals surface area contributed by atoms with Crippen LogP contribution in [0.2, 0.25) is 0 Å². The zero-order chi connectivity index (χ0) is 51.7. The van der Waals surface area contributed by atoms with Crippen LogP contribution in [0.25, 0.3) is 0 Å². The number of rotatable bonds is 45. The number of aliphatic hydroxyl groups excluding tert-OH is 8. The first-order valence-corrected chi connectivity index (χ1v) is 28.7. The van der Waals surface area contributed by atoms with Crippen LogP contribution in [0.15, 0.2) is 36.5 Å². The quantitative estimate of drug-likeness (QED) is 0.0205. The second-order valence-corrected chi connectivity index (χ2v) is 20.4. The summed E-state index contributed by atoms with van der Waals surface area (Å²) in [6.45, 7) is 2.75. The highest BCUT2D eigenvalue weighted by Crippen LogP contribution is 2.30. The second kappa shape index (κ2) is 43.4. The van der Waals surface area contributed by atoms with Crippen molar-refractivity contribution in [1.82, 2.24) is 5.32 Å². The van der Waals surface area contributed by atoms with E-state index in [0.29, 0.717) is 6.42 Å². The molecule has 0 aromatic rings. The van der Waals surface area contributed by atoms with Crippen molar-refractivity contribution in [2.45, 2.75) is 299 Å². The molecule has 2 saturated heterocycles. The van der Waals surface area contributed by atoms with Crippen molar-refractivity contribution in [3.8, 4) is 0 Å². The van der Waals surface area contributed by atoms with Gasteiger partial charge in [0.2, 0.25) is 5.91 Å². The molecule has 9 N–H and O–H groups in total. The van der Waals surface area contributed by atoms with E-state index < -0.39 is 86.8 Å². The Labute approximate surface area is 430 Å². The number of aliphatic hydroxyl groups is 8. The lowest BCUT2D eigenvalue weighted by Gasteiger charge is -2.46. The monoisotopic (exact) mass is 1010 g/mol. The van der Waals surface area contributed by atoms with Gasteiger partial charge in [-0.25, -0.2) is 0 Å². The van der Waals surface area contributed by atoms with Gasteiger partial charge in [-0.2, -0.15) is 0 Å². The van der Waals surface area contributed by atoms with E-state index >= 15 is 0 Å².